The first-order valence-corrected chi connectivity index (χ1v) is 7.88. The first kappa shape index (κ1) is 17.2. The van der Waals surface area contributed by atoms with Crippen LogP contribution in [0.25, 0.3) is 0 Å². The number of carbonyl (C=O) groups excluding carboxylic acids is 1. The van der Waals surface area contributed by atoms with Gasteiger partial charge in [-0.2, -0.15) is 0 Å². The first-order chi connectivity index (χ1) is 11.1. The van der Waals surface area contributed by atoms with E-state index in [1.165, 1.54) is 0 Å². The van der Waals surface area contributed by atoms with Crippen LogP contribution in [-0.2, 0) is 4.74 Å². The van der Waals surface area contributed by atoms with Crippen LogP contribution in [0, 0.1) is 6.92 Å². The van der Waals surface area contributed by atoms with Crippen LogP contribution in [0.1, 0.15) is 12.5 Å². The van der Waals surface area contributed by atoms with Gasteiger partial charge in [-0.1, -0.05) is 35.4 Å². The maximum atomic E-state index is 11.7. The summed E-state index contributed by atoms with van der Waals surface area (Å²) in [6.07, 6.45) is -0.698. The quantitative estimate of drug-likeness (QED) is 0.568. The van der Waals surface area contributed by atoms with E-state index in [-0.39, 0.29) is 6.61 Å². The summed E-state index contributed by atoms with van der Waals surface area (Å²) in [6.45, 7) is 5.60. The molecule has 0 heterocycles. The number of hydrogen-bond donors (Lipinski definition) is 0. The van der Waals surface area contributed by atoms with Gasteiger partial charge >= 0.3 is 6.16 Å². The molecule has 4 nitrogen and oxygen atoms in total. The molecule has 0 N–H and O–H groups in total. The zero-order valence-electron chi connectivity index (χ0n) is 13.3. The van der Waals surface area contributed by atoms with Crippen LogP contribution in [0.3, 0.4) is 0 Å². The highest BCUT2D eigenvalue weighted by molar-refractivity contribution is 6.30. The zero-order chi connectivity index (χ0) is 16.7. The monoisotopic (exact) mass is 333 g/mol. The highest BCUT2D eigenvalue weighted by atomic mass is 35.5. The molecule has 0 spiro atoms. The van der Waals surface area contributed by atoms with Gasteiger partial charge in [-0.05, 0) is 44.2 Å². The van der Waals surface area contributed by atoms with Crippen LogP contribution in [0.15, 0.2) is 48.5 Å². The molecular weight excluding hydrogens is 314 g/mol. The highest BCUT2D eigenvalue weighted by Gasteiger charge is 2.09. The molecule has 122 valence electrons. The van der Waals surface area contributed by atoms with Gasteiger partial charge in [0.2, 0.25) is 0 Å². The van der Waals surface area contributed by atoms with E-state index < -0.39 is 6.16 Å². The van der Waals surface area contributed by atoms with Crippen LogP contribution < -0.4 is 9.64 Å². The Balaban J connectivity index is 1.80. The average molecular weight is 334 g/mol. The summed E-state index contributed by atoms with van der Waals surface area (Å²) in [4.78, 5) is 13.7. The molecule has 0 aliphatic rings. The van der Waals surface area contributed by atoms with Gasteiger partial charge in [0.25, 0.3) is 0 Å². The fraction of sp³-hybridized carbons (Fsp3) is 0.278. The van der Waals surface area contributed by atoms with Crippen LogP contribution >= 0.6 is 11.6 Å². The zero-order valence-corrected chi connectivity index (χ0v) is 14.0. The van der Waals surface area contributed by atoms with Gasteiger partial charge in [0.15, 0.2) is 0 Å². The van der Waals surface area contributed by atoms with Crippen molar-refractivity contribution in [1.82, 2.24) is 0 Å². The fourth-order valence-corrected chi connectivity index (χ4v) is 2.30. The van der Waals surface area contributed by atoms with E-state index >= 15 is 0 Å². The second kappa shape index (κ2) is 8.44. The number of nitrogens with zero attached hydrogens (tertiary/aromatic N) is 1. The van der Waals surface area contributed by atoms with Crippen LogP contribution in [-0.4, -0.2) is 25.9 Å². The number of ether oxygens (including phenoxy) is 2. The molecule has 2 aromatic carbocycles. The van der Waals surface area contributed by atoms with Gasteiger partial charge in [0.1, 0.15) is 12.4 Å². The summed E-state index contributed by atoms with van der Waals surface area (Å²) in [5, 5.41) is 0.681. The van der Waals surface area contributed by atoms with Crippen LogP contribution in [0.2, 0.25) is 5.02 Å². The van der Waals surface area contributed by atoms with E-state index in [0.29, 0.717) is 17.3 Å². The standard InChI is InChI=1S/C18H20ClNO3/c1-3-20(16-6-4-5-15(19)13-16)11-12-22-18(21)23-17-9-7-14(2)8-10-17/h4-10,13H,3,11-12H2,1-2H3. The third-order valence-corrected chi connectivity index (χ3v) is 3.59. The molecule has 0 aromatic heterocycles. The Bertz CT molecular complexity index is 643. The smallest absolute Gasteiger partial charge is 0.432 e. The molecule has 23 heavy (non-hydrogen) atoms. The van der Waals surface area contributed by atoms with Crippen molar-refractivity contribution in [3.05, 3.63) is 59.1 Å². The molecule has 0 saturated carbocycles. The maximum Gasteiger partial charge on any atom is 0.513 e. The Labute approximate surface area is 141 Å². The Morgan fingerprint density at radius 2 is 1.91 bits per heavy atom. The molecule has 0 atom stereocenters. The third-order valence-electron chi connectivity index (χ3n) is 3.36. The van der Waals surface area contributed by atoms with E-state index in [2.05, 4.69) is 4.90 Å². The summed E-state index contributed by atoms with van der Waals surface area (Å²) in [5.41, 5.74) is 2.10. The van der Waals surface area contributed by atoms with Gasteiger partial charge in [-0.3, -0.25) is 0 Å². The highest BCUT2D eigenvalue weighted by Crippen LogP contribution is 2.19. The lowest BCUT2D eigenvalue weighted by atomic mass is 10.2. The lowest BCUT2D eigenvalue weighted by molar-refractivity contribution is 0.101. The molecule has 0 fully saturated rings. The van der Waals surface area contributed by atoms with E-state index in [0.717, 1.165) is 17.8 Å². The number of aryl methyl sites for hydroxylation is 1. The molecule has 0 radical (unpaired) electrons. The number of halogens is 1. The maximum absolute atomic E-state index is 11.7. The first-order valence-electron chi connectivity index (χ1n) is 7.50. The van der Waals surface area contributed by atoms with E-state index in [9.17, 15) is 4.79 Å². The molecule has 0 unspecified atom stereocenters. The van der Waals surface area contributed by atoms with Gasteiger partial charge in [-0.25, -0.2) is 4.79 Å². The summed E-state index contributed by atoms with van der Waals surface area (Å²) < 4.78 is 10.2. The minimum Gasteiger partial charge on any atom is -0.432 e. The van der Waals surface area contributed by atoms with Crippen molar-refractivity contribution in [2.75, 3.05) is 24.6 Å². The Hall–Kier alpha value is -2.20. The van der Waals surface area contributed by atoms with Gasteiger partial charge in [0, 0.05) is 17.3 Å². The lowest BCUT2D eigenvalue weighted by Gasteiger charge is -2.22. The molecule has 2 rings (SSSR count). The second-order valence-corrected chi connectivity index (χ2v) is 5.51. The predicted molar refractivity (Wildman–Crippen MR) is 92.5 cm³/mol. The van der Waals surface area contributed by atoms with Crippen molar-refractivity contribution in [3.8, 4) is 5.75 Å². The molecular formula is C18H20ClNO3. The minimum absolute atomic E-state index is 0.241. The van der Waals surface area contributed by atoms with Crippen LogP contribution in [0.4, 0.5) is 10.5 Å². The summed E-state index contributed by atoms with van der Waals surface area (Å²) in [7, 11) is 0. The molecule has 0 bridgehead atoms. The number of hydrogen-bond acceptors (Lipinski definition) is 4. The number of benzene rings is 2. The summed E-state index contributed by atoms with van der Waals surface area (Å²) in [6, 6.07) is 14.8. The average Bonchev–Trinajstić information content (AvgIpc) is 2.54. The van der Waals surface area contributed by atoms with Crippen molar-refractivity contribution in [3.63, 3.8) is 0 Å². The third kappa shape index (κ3) is 5.49. The number of carbonyl (C=O) groups is 1. The summed E-state index contributed by atoms with van der Waals surface area (Å²) >= 11 is 6.00. The Morgan fingerprint density at radius 3 is 2.57 bits per heavy atom. The summed E-state index contributed by atoms with van der Waals surface area (Å²) in [5.74, 6) is 0.475. The Kier molecular flexibility index (Phi) is 6.29. The number of rotatable bonds is 6. The molecule has 2 aromatic rings. The van der Waals surface area contributed by atoms with E-state index in [4.69, 9.17) is 21.1 Å². The minimum atomic E-state index is -0.698. The Morgan fingerprint density at radius 1 is 1.17 bits per heavy atom. The van der Waals surface area contributed by atoms with Gasteiger partial charge in [0.05, 0.1) is 6.54 Å². The van der Waals surface area contributed by atoms with Crippen molar-refractivity contribution >= 4 is 23.4 Å². The normalized spacial score (nSPS) is 10.2. The SMILES string of the molecule is CCN(CCOC(=O)Oc1ccc(C)cc1)c1cccc(Cl)c1. The lowest BCUT2D eigenvalue weighted by Crippen LogP contribution is -2.28. The molecule has 5 heteroatoms. The van der Waals surface area contributed by atoms with Gasteiger partial charge < -0.3 is 14.4 Å². The van der Waals surface area contributed by atoms with Crippen LogP contribution in [0.5, 0.6) is 5.75 Å². The number of anilines is 1. The molecule has 0 amide bonds. The van der Waals surface area contributed by atoms with Crippen molar-refractivity contribution < 1.29 is 14.3 Å². The molecule has 0 aliphatic carbocycles. The van der Waals surface area contributed by atoms with E-state index in [1.807, 2.05) is 50.2 Å². The molecule has 0 aliphatic heterocycles. The fourth-order valence-electron chi connectivity index (χ4n) is 2.11. The predicted octanol–water partition coefficient (Wildman–Crippen LogP) is 4.69. The van der Waals surface area contributed by atoms with E-state index in [1.54, 1.807) is 12.1 Å². The van der Waals surface area contributed by atoms with Crippen molar-refractivity contribution in [2.24, 2.45) is 0 Å². The van der Waals surface area contributed by atoms with Crippen molar-refractivity contribution in [1.29, 1.82) is 0 Å². The molecule has 0 saturated heterocycles. The topological polar surface area (TPSA) is 38.8 Å². The second-order valence-electron chi connectivity index (χ2n) is 5.07. The number of likely N-dealkylation sites (N-methyl/N-ethyl adjacent to an activating group) is 1. The van der Waals surface area contributed by atoms with Crippen molar-refractivity contribution in [2.45, 2.75) is 13.8 Å². The largest absolute Gasteiger partial charge is 0.513 e. The van der Waals surface area contributed by atoms with Gasteiger partial charge in [-0.15, -0.1) is 0 Å².